The Morgan fingerprint density at radius 3 is 2.71 bits per heavy atom. The van der Waals surface area contributed by atoms with E-state index in [1.165, 1.54) is 4.90 Å². The SMILES string of the molecule is CC(C)(C)OC(=O)NCCONC(=O)C1CC[C@@H]2CN1C(=O)N2O. The highest BCUT2D eigenvalue weighted by molar-refractivity contribution is 5.87. The Labute approximate surface area is 140 Å². The van der Waals surface area contributed by atoms with Crippen LogP contribution >= 0.6 is 0 Å². The van der Waals surface area contributed by atoms with Crippen molar-refractivity contribution in [1.82, 2.24) is 20.8 Å². The van der Waals surface area contributed by atoms with Gasteiger partial charge in [-0.25, -0.2) is 20.1 Å². The number of hydrogen-bond acceptors (Lipinski definition) is 6. The molecule has 1 unspecified atom stereocenters. The lowest BCUT2D eigenvalue weighted by atomic mass is 10.0. The molecular weight excluding hydrogens is 320 g/mol. The third-order valence-electron chi connectivity index (χ3n) is 3.69. The summed E-state index contributed by atoms with van der Waals surface area (Å²) in [6, 6.07) is -1.48. The molecule has 4 amide bonds. The summed E-state index contributed by atoms with van der Waals surface area (Å²) in [6.45, 7) is 5.81. The molecule has 0 aliphatic carbocycles. The lowest BCUT2D eigenvalue weighted by Gasteiger charge is -2.28. The summed E-state index contributed by atoms with van der Waals surface area (Å²) in [7, 11) is 0. The molecule has 2 aliphatic heterocycles. The topological polar surface area (TPSA) is 120 Å². The van der Waals surface area contributed by atoms with Gasteiger partial charge in [-0.1, -0.05) is 0 Å². The molecule has 2 rings (SSSR count). The zero-order valence-corrected chi connectivity index (χ0v) is 14.1. The van der Waals surface area contributed by atoms with E-state index in [4.69, 9.17) is 9.57 Å². The van der Waals surface area contributed by atoms with Gasteiger partial charge in [-0.2, -0.15) is 0 Å². The van der Waals surface area contributed by atoms with Crippen LogP contribution in [0.4, 0.5) is 9.59 Å². The molecule has 0 spiro atoms. The number of nitrogens with one attached hydrogen (secondary N) is 2. The number of piperidine rings is 1. The smallest absolute Gasteiger partial charge is 0.407 e. The van der Waals surface area contributed by atoms with Gasteiger partial charge in [0.2, 0.25) is 0 Å². The quantitative estimate of drug-likeness (QED) is 0.373. The van der Waals surface area contributed by atoms with Crippen LogP contribution in [0.2, 0.25) is 0 Å². The molecule has 2 bridgehead atoms. The van der Waals surface area contributed by atoms with Crippen molar-refractivity contribution in [3.05, 3.63) is 0 Å². The maximum Gasteiger partial charge on any atom is 0.407 e. The van der Waals surface area contributed by atoms with Gasteiger partial charge in [0, 0.05) is 13.1 Å². The average molecular weight is 344 g/mol. The number of urea groups is 1. The fourth-order valence-electron chi connectivity index (χ4n) is 2.63. The number of hydrogen-bond donors (Lipinski definition) is 3. The second-order valence-electron chi connectivity index (χ2n) is 6.77. The van der Waals surface area contributed by atoms with Gasteiger partial charge in [0.25, 0.3) is 5.91 Å². The van der Waals surface area contributed by atoms with Gasteiger partial charge in [0.1, 0.15) is 11.6 Å². The minimum absolute atomic E-state index is 0.0560. The molecule has 0 aromatic heterocycles. The minimum Gasteiger partial charge on any atom is -0.444 e. The van der Waals surface area contributed by atoms with Crippen LogP contribution in [0.1, 0.15) is 33.6 Å². The molecule has 0 saturated carbocycles. The van der Waals surface area contributed by atoms with Gasteiger partial charge in [-0.15, -0.1) is 0 Å². The molecule has 24 heavy (non-hydrogen) atoms. The van der Waals surface area contributed by atoms with Crippen molar-refractivity contribution in [2.75, 3.05) is 19.7 Å². The largest absolute Gasteiger partial charge is 0.444 e. The number of ether oxygens (including phenoxy) is 1. The molecular formula is C14H24N4O6. The maximum absolute atomic E-state index is 12.1. The van der Waals surface area contributed by atoms with E-state index in [-0.39, 0.29) is 19.2 Å². The number of carbonyl (C=O) groups excluding carboxylic acids is 3. The van der Waals surface area contributed by atoms with E-state index in [1.807, 2.05) is 0 Å². The van der Waals surface area contributed by atoms with Crippen LogP contribution in [-0.4, -0.2) is 70.6 Å². The first-order valence-electron chi connectivity index (χ1n) is 7.86. The zero-order chi connectivity index (χ0) is 17.9. The van der Waals surface area contributed by atoms with E-state index in [0.717, 1.165) is 0 Å². The van der Waals surface area contributed by atoms with Crippen LogP contribution in [-0.2, 0) is 14.4 Å². The second-order valence-corrected chi connectivity index (χ2v) is 6.77. The Morgan fingerprint density at radius 1 is 1.33 bits per heavy atom. The van der Waals surface area contributed by atoms with E-state index in [9.17, 15) is 19.6 Å². The van der Waals surface area contributed by atoms with E-state index in [2.05, 4.69) is 10.8 Å². The van der Waals surface area contributed by atoms with Crippen LogP contribution in [0, 0.1) is 0 Å². The number of carbonyl (C=O) groups is 3. The minimum atomic E-state index is -0.662. The normalized spacial score (nSPS) is 23.2. The molecule has 2 heterocycles. The second kappa shape index (κ2) is 7.22. The number of alkyl carbamates (subject to hydrolysis) is 1. The summed E-state index contributed by atoms with van der Waals surface area (Å²) in [5.74, 6) is -0.450. The number of fused-ring (bicyclic) bond motifs is 2. The van der Waals surface area contributed by atoms with E-state index < -0.39 is 29.7 Å². The Balaban J connectivity index is 1.65. The molecule has 10 heteroatoms. The van der Waals surface area contributed by atoms with Crippen molar-refractivity contribution in [2.45, 2.75) is 51.3 Å². The Bertz CT molecular complexity index is 506. The lowest BCUT2D eigenvalue weighted by Crippen LogP contribution is -2.50. The Kier molecular flexibility index (Phi) is 5.50. The third-order valence-corrected chi connectivity index (χ3v) is 3.69. The Morgan fingerprint density at radius 2 is 2.04 bits per heavy atom. The fourth-order valence-corrected chi connectivity index (χ4v) is 2.63. The predicted octanol–water partition coefficient (Wildman–Crippen LogP) is 0.217. The van der Waals surface area contributed by atoms with Crippen molar-refractivity contribution in [3.63, 3.8) is 0 Å². The van der Waals surface area contributed by atoms with Crippen molar-refractivity contribution < 1.29 is 29.2 Å². The molecule has 3 N–H and O–H groups in total. The monoisotopic (exact) mass is 344 g/mol. The van der Waals surface area contributed by atoms with Crippen LogP contribution in [0.3, 0.4) is 0 Å². The van der Waals surface area contributed by atoms with Gasteiger partial charge in [0.15, 0.2) is 0 Å². The van der Waals surface area contributed by atoms with Crippen LogP contribution in [0.15, 0.2) is 0 Å². The third kappa shape index (κ3) is 4.48. The number of hydroxylamine groups is 3. The molecule has 136 valence electrons. The number of amides is 4. The van der Waals surface area contributed by atoms with E-state index in [1.54, 1.807) is 20.8 Å². The highest BCUT2D eigenvalue weighted by atomic mass is 16.7. The summed E-state index contributed by atoms with van der Waals surface area (Å²) >= 11 is 0. The molecule has 0 radical (unpaired) electrons. The van der Waals surface area contributed by atoms with Gasteiger partial charge < -0.3 is 15.0 Å². The van der Waals surface area contributed by atoms with Crippen molar-refractivity contribution in [1.29, 1.82) is 0 Å². The molecule has 10 nitrogen and oxygen atoms in total. The molecule has 2 aliphatic rings. The standard InChI is InChI=1S/C14H24N4O6/c1-14(2,3)24-12(20)15-6-7-23-16-11(19)10-5-4-9-8-17(10)13(21)18(9)22/h9-10,22H,4-8H2,1-3H3,(H,15,20)(H,16,19)/t9-,10?/m1/s1. The van der Waals surface area contributed by atoms with Gasteiger partial charge in [-0.3, -0.25) is 14.8 Å². The summed E-state index contributed by atoms with van der Waals surface area (Å²) in [6.07, 6.45) is 0.442. The first-order chi connectivity index (χ1) is 11.2. The summed E-state index contributed by atoms with van der Waals surface area (Å²) in [5, 5.41) is 12.7. The lowest BCUT2D eigenvalue weighted by molar-refractivity contribution is -0.138. The number of nitrogens with zero attached hydrogens (tertiary/aromatic N) is 2. The highest BCUT2D eigenvalue weighted by Gasteiger charge is 2.46. The van der Waals surface area contributed by atoms with E-state index >= 15 is 0 Å². The van der Waals surface area contributed by atoms with Gasteiger partial charge in [-0.05, 0) is 33.6 Å². The van der Waals surface area contributed by atoms with Crippen LogP contribution in [0.25, 0.3) is 0 Å². The predicted molar refractivity (Wildman–Crippen MR) is 80.9 cm³/mol. The first kappa shape index (κ1) is 18.3. The summed E-state index contributed by atoms with van der Waals surface area (Å²) in [4.78, 5) is 41.6. The molecule has 2 saturated heterocycles. The zero-order valence-electron chi connectivity index (χ0n) is 14.1. The van der Waals surface area contributed by atoms with Crippen molar-refractivity contribution in [2.24, 2.45) is 0 Å². The highest BCUT2D eigenvalue weighted by Crippen LogP contribution is 2.28. The summed E-state index contributed by atoms with van der Waals surface area (Å²) < 4.78 is 5.05. The molecule has 2 fully saturated rings. The van der Waals surface area contributed by atoms with Crippen LogP contribution in [0.5, 0.6) is 0 Å². The first-order valence-corrected chi connectivity index (χ1v) is 7.86. The van der Waals surface area contributed by atoms with E-state index in [0.29, 0.717) is 24.4 Å². The van der Waals surface area contributed by atoms with Gasteiger partial charge in [0.05, 0.1) is 12.6 Å². The fraction of sp³-hybridized carbons (Fsp3) is 0.786. The van der Waals surface area contributed by atoms with Crippen molar-refractivity contribution in [3.8, 4) is 0 Å². The molecule has 2 atom stereocenters. The summed E-state index contributed by atoms with van der Waals surface area (Å²) in [5.41, 5.74) is 1.68. The maximum atomic E-state index is 12.1. The Hall–Kier alpha value is -2.07. The average Bonchev–Trinajstić information content (AvgIpc) is 2.70. The van der Waals surface area contributed by atoms with Crippen LogP contribution < -0.4 is 10.8 Å². The number of rotatable bonds is 5. The molecule has 0 aromatic rings. The van der Waals surface area contributed by atoms with Gasteiger partial charge >= 0.3 is 12.1 Å². The van der Waals surface area contributed by atoms with Crippen molar-refractivity contribution >= 4 is 18.0 Å². The molecule has 0 aromatic carbocycles.